The van der Waals surface area contributed by atoms with Gasteiger partial charge < -0.3 is 9.14 Å². The lowest BCUT2D eigenvalue weighted by Gasteiger charge is -2.15. The minimum Gasteiger partial charge on any atom is -0.360 e. The van der Waals surface area contributed by atoms with E-state index in [0.29, 0.717) is 16.8 Å². The molecule has 0 saturated heterocycles. The standard InChI is InChI=1S/C26H27Cl2N5OSi/c1-17-25(24-21(27)6-5-7-22(24)28)31-26-20-12-18(13-29-23(20)8-9-33(17)26)19-14-30-32(15-19)16-34-10-11-35(2,3)4/h5-9,12-15H,10-11,16H2,1-4H3. The van der Waals surface area contributed by atoms with Gasteiger partial charge in [0.1, 0.15) is 12.4 Å². The number of ether oxygens (including phenoxy) is 1. The number of hydrogen-bond acceptors (Lipinski definition) is 4. The average Bonchev–Trinajstić information content (AvgIpc) is 3.41. The first-order valence-electron chi connectivity index (χ1n) is 11.5. The molecule has 6 nitrogen and oxygen atoms in total. The molecule has 180 valence electrons. The van der Waals surface area contributed by atoms with Crippen molar-refractivity contribution >= 4 is 47.8 Å². The third-order valence-corrected chi connectivity index (χ3v) is 8.41. The summed E-state index contributed by atoms with van der Waals surface area (Å²) in [5, 5.41) is 6.57. The van der Waals surface area contributed by atoms with Gasteiger partial charge in [-0.15, -0.1) is 0 Å². The van der Waals surface area contributed by atoms with Crippen LogP contribution in [0.1, 0.15) is 5.69 Å². The molecule has 1 aromatic carbocycles. The van der Waals surface area contributed by atoms with Gasteiger partial charge in [-0.1, -0.05) is 48.9 Å². The molecule has 5 aromatic rings. The Bertz CT molecular complexity index is 1520. The molecular formula is C26H27Cl2N5OSi. The fourth-order valence-electron chi connectivity index (χ4n) is 4.06. The summed E-state index contributed by atoms with van der Waals surface area (Å²) in [7, 11) is -1.11. The van der Waals surface area contributed by atoms with Crippen LogP contribution in [-0.4, -0.2) is 38.8 Å². The highest BCUT2D eigenvalue weighted by Crippen LogP contribution is 2.37. The largest absolute Gasteiger partial charge is 0.360 e. The van der Waals surface area contributed by atoms with E-state index in [0.717, 1.165) is 57.3 Å². The van der Waals surface area contributed by atoms with Crippen LogP contribution in [-0.2, 0) is 11.5 Å². The predicted octanol–water partition coefficient (Wildman–Crippen LogP) is 7.34. The van der Waals surface area contributed by atoms with Crippen LogP contribution in [0.5, 0.6) is 0 Å². The summed E-state index contributed by atoms with van der Waals surface area (Å²) < 4.78 is 9.71. The van der Waals surface area contributed by atoms with Gasteiger partial charge in [0.2, 0.25) is 0 Å². The zero-order valence-corrected chi connectivity index (χ0v) is 22.7. The van der Waals surface area contributed by atoms with Crippen molar-refractivity contribution in [3.05, 3.63) is 70.9 Å². The number of hydrogen-bond donors (Lipinski definition) is 0. The summed E-state index contributed by atoms with van der Waals surface area (Å²) in [6.45, 7) is 10.3. The molecule has 0 atom stereocenters. The number of aryl methyl sites for hydroxylation is 1. The van der Waals surface area contributed by atoms with Crippen LogP contribution in [0.15, 0.2) is 55.1 Å². The fourth-order valence-corrected chi connectivity index (χ4v) is 5.39. The topological polar surface area (TPSA) is 57.2 Å². The van der Waals surface area contributed by atoms with Crippen molar-refractivity contribution < 1.29 is 4.74 Å². The molecule has 4 heterocycles. The number of fused-ring (bicyclic) bond motifs is 3. The molecule has 0 aliphatic carbocycles. The third kappa shape index (κ3) is 4.86. The van der Waals surface area contributed by atoms with Crippen molar-refractivity contribution in [3.63, 3.8) is 0 Å². The first kappa shape index (κ1) is 24.0. The van der Waals surface area contributed by atoms with Gasteiger partial charge in [0.25, 0.3) is 0 Å². The highest BCUT2D eigenvalue weighted by molar-refractivity contribution is 6.76. The fraction of sp³-hybridized carbons (Fsp3) is 0.269. The molecule has 4 aromatic heterocycles. The van der Waals surface area contributed by atoms with Gasteiger partial charge in [-0.2, -0.15) is 5.10 Å². The Balaban J connectivity index is 1.49. The van der Waals surface area contributed by atoms with E-state index in [9.17, 15) is 0 Å². The van der Waals surface area contributed by atoms with Gasteiger partial charge >= 0.3 is 0 Å². The Hall–Kier alpha value is -2.71. The van der Waals surface area contributed by atoms with E-state index in [1.54, 1.807) is 0 Å². The van der Waals surface area contributed by atoms with E-state index in [2.05, 4.69) is 35.2 Å². The van der Waals surface area contributed by atoms with Crippen LogP contribution in [0, 0.1) is 6.92 Å². The minimum atomic E-state index is -1.11. The molecule has 35 heavy (non-hydrogen) atoms. The molecular weight excluding hydrogens is 497 g/mol. The summed E-state index contributed by atoms with van der Waals surface area (Å²) >= 11 is 13.0. The molecule has 0 amide bonds. The quantitative estimate of drug-likeness (QED) is 0.165. The number of benzene rings is 1. The monoisotopic (exact) mass is 523 g/mol. The zero-order chi connectivity index (χ0) is 24.7. The molecule has 0 N–H and O–H groups in total. The molecule has 0 fully saturated rings. The van der Waals surface area contributed by atoms with Gasteiger partial charge in [0.05, 0.1) is 27.5 Å². The molecule has 0 aliphatic heterocycles. The molecule has 9 heteroatoms. The number of nitrogens with zero attached hydrogens (tertiary/aromatic N) is 5. The summed E-state index contributed by atoms with van der Waals surface area (Å²) in [6, 6.07) is 10.7. The zero-order valence-electron chi connectivity index (χ0n) is 20.2. The van der Waals surface area contributed by atoms with Gasteiger partial charge in [0, 0.05) is 61.0 Å². The van der Waals surface area contributed by atoms with Crippen LogP contribution >= 0.6 is 23.2 Å². The highest BCUT2D eigenvalue weighted by Gasteiger charge is 2.18. The smallest absolute Gasteiger partial charge is 0.147 e. The van der Waals surface area contributed by atoms with E-state index in [1.807, 2.05) is 60.7 Å². The van der Waals surface area contributed by atoms with Crippen molar-refractivity contribution in [2.45, 2.75) is 39.3 Å². The van der Waals surface area contributed by atoms with E-state index < -0.39 is 8.07 Å². The van der Waals surface area contributed by atoms with Crippen molar-refractivity contribution in [1.82, 2.24) is 24.1 Å². The SMILES string of the molecule is Cc1c(-c2c(Cl)cccc2Cl)nc2c3cc(-c4cnn(COCC[Si](C)(C)C)c4)cnc3ccn12. The summed E-state index contributed by atoms with van der Waals surface area (Å²) in [4.78, 5) is 9.66. The third-order valence-electron chi connectivity index (χ3n) is 6.08. The molecule has 0 bridgehead atoms. The van der Waals surface area contributed by atoms with Gasteiger partial charge in [0.15, 0.2) is 0 Å². The number of rotatable bonds is 7. The van der Waals surface area contributed by atoms with E-state index >= 15 is 0 Å². The molecule has 0 saturated carbocycles. The predicted molar refractivity (Wildman–Crippen MR) is 146 cm³/mol. The second-order valence-corrected chi connectivity index (χ2v) is 16.4. The highest BCUT2D eigenvalue weighted by atomic mass is 35.5. The summed E-state index contributed by atoms with van der Waals surface area (Å²) in [5.41, 5.74) is 6.09. The molecule has 0 aliphatic rings. The van der Waals surface area contributed by atoms with E-state index in [-0.39, 0.29) is 0 Å². The van der Waals surface area contributed by atoms with Gasteiger partial charge in [-0.05, 0) is 37.2 Å². The molecule has 0 unspecified atom stereocenters. The Kier molecular flexibility index (Phi) is 6.44. The van der Waals surface area contributed by atoms with Crippen LogP contribution in [0.4, 0.5) is 0 Å². The summed E-state index contributed by atoms with van der Waals surface area (Å²) in [6.07, 6.45) is 7.69. The van der Waals surface area contributed by atoms with Crippen molar-refractivity contribution in [3.8, 4) is 22.4 Å². The lowest BCUT2D eigenvalue weighted by atomic mass is 10.1. The first-order chi connectivity index (χ1) is 16.7. The summed E-state index contributed by atoms with van der Waals surface area (Å²) in [5.74, 6) is 0. The normalized spacial score (nSPS) is 12.2. The molecule has 0 radical (unpaired) electrons. The van der Waals surface area contributed by atoms with E-state index in [4.69, 9.17) is 37.9 Å². The maximum absolute atomic E-state index is 6.49. The maximum Gasteiger partial charge on any atom is 0.147 e. The van der Waals surface area contributed by atoms with Crippen LogP contribution in [0.2, 0.25) is 35.7 Å². The molecule has 5 rings (SSSR count). The lowest BCUT2D eigenvalue weighted by Crippen LogP contribution is -2.22. The van der Waals surface area contributed by atoms with E-state index in [1.165, 1.54) is 0 Å². The second-order valence-electron chi connectivity index (χ2n) is 9.93. The van der Waals surface area contributed by atoms with Crippen LogP contribution in [0.3, 0.4) is 0 Å². The number of halogens is 2. The number of pyridine rings is 2. The Labute approximate surface area is 215 Å². The average molecular weight is 525 g/mol. The van der Waals surface area contributed by atoms with Crippen LogP contribution in [0.25, 0.3) is 38.9 Å². The number of aromatic nitrogens is 5. The first-order valence-corrected chi connectivity index (χ1v) is 16.0. The van der Waals surface area contributed by atoms with Crippen LogP contribution < -0.4 is 0 Å². The van der Waals surface area contributed by atoms with Crippen molar-refractivity contribution in [2.75, 3.05) is 6.61 Å². The maximum atomic E-state index is 6.49. The lowest BCUT2D eigenvalue weighted by molar-refractivity contribution is 0.0786. The van der Waals surface area contributed by atoms with Gasteiger partial charge in [-0.25, -0.2) is 9.67 Å². The Morgan fingerprint density at radius 2 is 1.80 bits per heavy atom. The Morgan fingerprint density at radius 3 is 2.54 bits per heavy atom. The number of imidazole rings is 1. The minimum absolute atomic E-state index is 0.442. The molecule has 0 spiro atoms. The van der Waals surface area contributed by atoms with Crippen molar-refractivity contribution in [1.29, 1.82) is 0 Å². The van der Waals surface area contributed by atoms with Crippen molar-refractivity contribution in [2.24, 2.45) is 0 Å². The Morgan fingerprint density at radius 1 is 1.03 bits per heavy atom. The van der Waals surface area contributed by atoms with Gasteiger partial charge in [-0.3, -0.25) is 4.98 Å². The second kappa shape index (κ2) is 9.39.